The molecule has 1 atom stereocenters. The zero-order valence-electron chi connectivity index (χ0n) is 26.0. The molecule has 2 amide bonds. The van der Waals surface area contributed by atoms with Gasteiger partial charge in [-0.15, -0.1) is 0 Å². The molecule has 14 heteroatoms. The van der Waals surface area contributed by atoms with Gasteiger partial charge >= 0.3 is 6.09 Å². The molecule has 0 radical (unpaired) electrons. The van der Waals surface area contributed by atoms with Gasteiger partial charge in [0, 0.05) is 51.3 Å². The molecule has 1 aliphatic rings. The number of aromatic nitrogens is 1. The molecule has 3 N–H and O–H groups in total. The van der Waals surface area contributed by atoms with E-state index in [9.17, 15) is 18.0 Å². The molecule has 1 aliphatic heterocycles. The number of unbranched alkanes of at least 4 members (excludes halogenated alkanes) is 1. The van der Waals surface area contributed by atoms with Crippen LogP contribution in [-0.4, -0.2) is 92.4 Å². The Kier molecular flexibility index (Phi) is 12.1. The molecule has 1 aromatic carbocycles. The Morgan fingerprint density at radius 3 is 2.56 bits per heavy atom. The number of likely N-dealkylation sites (tertiary alicyclic amines) is 1. The van der Waals surface area contributed by atoms with Crippen molar-refractivity contribution in [1.29, 1.82) is 0 Å². The summed E-state index contributed by atoms with van der Waals surface area (Å²) in [6.07, 6.45) is 2.56. The van der Waals surface area contributed by atoms with E-state index in [4.69, 9.17) is 31.0 Å². The van der Waals surface area contributed by atoms with Crippen LogP contribution in [0.3, 0.4) is 0 Å². The minimum absolute atomic E-state index is 0.0198. The van der Waals surface area contributed by atoms with Crippen LogP contribution in [0, 0.1) is 0 Å². The molecular weight excluding hydrogens is 598 g/mol. The first-order valence-electron chi connectivity index (χ1n) is 14.6. The molecule has 1 fully saturated rings. The van der Waals surface area contributed by atoms with Crippen LogP contribution >= 0.6 is 11.6 Å². The van der Waals surface area contributed by atoms with E-state index in [1.54, 1.807) is 24.1 Å². The summed E-state index contributed by atoms with van der Waals surface area (Å²) in [5.74, 6) is 0.229. The highest BCUT2D eigenvalue weighted by Crippen LogP contribution is 2.38. The number of rotatable bonds is 13. The van der Waals surface area contributed by atoms with Crippen molar-refractivity contribution in [3.63, 3.8) is 0 Å². The fourth-order valence-corrected chi connectivity index (χ4v) is 6.07. The number of nitrogens with one attached hydrogen (secondary N) is 1. The molecule has 242 valence electrons. The second kappa shape index (κ2) is 14.9. The van der Waals surface area contributed by atoms with Crippen LogP contribution < -0.4 is 14.6 Å². The Morgan fingerprint density at radius 2 is 1.93 bits per heavy atom. The summed E-state index contributed by atoms with van der Waals surface area (Å²) >= 11 is 6.99. The lowest BCUT2D eigenvalue weighted by Gasteiger charge is -2.41. The first kappa shape index (κ1) is 34.9. The van der Waals surface area contributed by atoms with Crippen molar-refractivity contribution >= 4 is 44.7 Å². The Bertz CT molecular complexity index is 1370. The fourth-order valence-electron chi connectivity index (χ4n) is 5.36. The van der Waals surface area contributed by atoms with E-state index in [1.807, 2.05) is 50.2 Å². The smallest absolute Gasteiger partial charge is 0.410 e. The van der Waals surface area contributed by atoms with Crippen molar-refractivity contribution in [3.8, 4) is 5.75 Å². The van der Waals surface area contributed by atoms with Crippen LogP contribution in [0.25, 0.3) is 10.9 Å². The molecule has 1 saturated heterocycles. The molecule has 2 aromatic rings. The number of halogens is 1. The molecule has 0 aliphatic carbocycles. The van der Waals surface area contributed by atoms with E-state index >= 15 is 0 Å². The normalized spacial score (nSPS) is 16.1. The molecule has 3 rings (SSSR count). The van der Waals surface area contributed by atoms with Gasteiger partial charge in [-0.2, -0.15) is 13.1 Å². The predicted molar refractivity (Wildman–Crippen MR) is 167 cm³/mol. The molecule has 0 saturated carbocycles. The maximum atomic E-state index is 14.5. The van der Waals surface area contributed by atoms with Crippen LogP contribution in [0.1, 0.15) is 70.8 Å². The third-order valence-corrected chi connectivity index (χ3v) is 8.05. The van der Waals surface area contributed by atoms with Crippen LogP contribution in [0.5, 0.6) is 5.75 Å². The number of hydrogen-bond donors (Lipinski definition) is 2. The lowest BCUT2D eigenvalue weighted by atomic mass is 10.0. The largest absolute Gasteiger partial charge is 0.490 e. The number of nitrogens with zero attached hydrogens (tertiary/aromatic N) is 3. The molecule has 2 heterocycles. The molecular formula is C29H46ClN5O7S. The number of ether oxygens (including phenoxy) is 3. The third kappa shape index (κ3) is 9.45. The summed E-state index contributed by atoms with van der Waals surface area (Å²) < 4.78 is 43.5. The second-order valence-electron chi connectivity index (χ2n) is 12.0. The number of methoxy groups -OCH3 is 1. The van der Waals surface area contributed by atoms with Crippen molar-refractivity contribution in [1.82, 2.24) is 19.1 Å². The SMILES string of the molecule is COCCCCn1c(C(=O)N(C(C)C)[C@@H]2CCCN(C(=O)OC(C)(C)C)C2)c(Cl)c2cccc(OCCNS(N)(=O)=O)c21. The van der Waals surface area contributed by atoms with Gasteiger partial charge < -0.3 is 28.6 Å². The van der Waals surface area contributed by atoms with Gasteiger partial charge in [-0.05, 0) is 66.4 Å². The van der Waals surface area contributed by atoms with Crippen LogP contribution in [0.4, 0.5) is 4.79 Å². The second-order valence-corrected chi connectivity index (χ2v) is 13.7. The van der Waals surface area contributed by atoms with Gasteiger partial charge in [0.05, 0.1) is 16.6 Å². The van der Waals surface area contributed by atoms with E-state index in [0.29, 0.717) is 60.0 Å². The number of aryl methyl sites for hydroxylation is 1. The van der Waals surface area contributed by atoms with E-state index in [2.05, 4.69) is 4.72 Å². The fraction of sp³-hybridized carbons (Fsp3) is 0.655. The third-order valence-electron chi connectivity index (χ3n) is 7.06. The number of carbonyl (C=O) groups excluding carboxylic acids is 2. The topological polar surface area (TPSA) is 145 Å². The van der Waals surface area contributed by atoms with Crippen LogP contribution in [0.15, 0.2) is 18.2 Å². The summed E-state index contributed by atoms with van der Waals surface area (Å²) in [6, 6.07) is 4.97. The summed E-state index contributed by atoms with van der Waals surface area (Å²) in [6.45, 7) is 11.4. The van der Waals surface area contributed by atoms with E-state index in [1.165, 1.54) is 0 Å². The summed E-state index contributed by atoms with van der Waals surface area (Å²) in [7, 11) is -2.22. The number of carbonyl (C=O) groups is 2. The minimum Gasteiger partial charge on any atom is -0.490 e. The number of hydrogen-bond acceptors (Lipinski definition) is 7. The Morgan fingerprint density at radius 1 is 1.21 bits per heavy atom. The maximum absolute atomic E-state index is 14.5. The molecule has 12 nitrogen and oxygen atoms in total. The van der Waals surface area contributed by atoms with Gasteiger partial charge in [-0.25, -0.2) is 9.93 Å². The highest BCUT2D eigenvalue weighted by molar-refractivity contribution is 7.87. The maximum Gasteiger partial charge on any atom is 0.410 e. The number of fused-ring (bicyclic) bond motifs is 1. The first-order valence-corrected chi connectivity index (χ1v) is 16.6. The Labute approximate surface area is 259 Å². The number of piperidine rings is 1. The van der Waals surface area contributed by atoms with Crippen molar-refractivity contribution < 1.29 is 32.2 Å². The van der Waals surface area contributed by atoms with Gasteiger partial charge in [-0.1, -0.05) is 23.7 Å². The Balaban J connectivity index is 2.00. The van der Waals surface area contributed by atoms with Gasteiger partial charge in [-0.3, -0.25) is 4.79 Å². The molecule has 0 unspecified atom stereocenters. The van der Waals surface area contributed by atoms with Crippen molar-refractivity contribution in [2.45, 2.75) is 84.5 Å². The molecule has 1 aromatic heterocycles. The monoisotopic (exact) mass is 643 g/mol. The lowest BCUT2D eigenvalue weighted by Crippen LogP contribution is -2.54. The molecule has 43 heavy (non-hydrogen) atoms. The zero-order chi connectivity index (χ0) is 31.9. The number of benzene rings is 1. The van der Waals surface area contributed by atoms with Gasteiger partial charge in [0.15, 0.2) is 0 Å². The van der Waals surface area contributed by atoms with E-state index in [-0.39, 0.29) is 31.1 Å². The van der Waals surface area contributed by atoms with Crippen molar-refractivity contribution in [2.24, 2.45) is 5.14 Å². The average Bonchev–Trinajstić information content (AvgIpc) is 3.19. The van der Waals surface area contributed by atoms with Gasteiger partial charge in [0.25, 0.3) is 16.1 Å². The Hall–Kier alpha value is -2.58. The minimum atomic E-state index is -3.86. The highest BCUT2D eigenvalue weighted by atomic mass is 35.5. The quantitative estimate of drug-likeness (QED) is 0.312. The van der Waals surface area contributed by atoms with Crippen LogP contribution in [0.2, 0.25) is 5.02 Å². The number of nitrogens with two attached hydrogens (primary N) is 1. The zero-order valence-corrected chi connectivity index (χ0v) is 27.6. The first-order chi connectivity index (χ1) is 20.1. The standard InChI is InChI=1S/C29H46ClN5O7S/c1-20(2)35(21-11-10-15-33(19-21)28(37)42-29(3,4)5)27(36)26-24(30)22-12-9-13-23(41-18-14-32-43(31,38)39)25(22)34(26)16-7-8-17-40-6/h9,12-13,20-21,32H,7-8,10-11,14-19H2,1-6H3,(H2,31,38,39)/t21-/m1/s1. The van der Waals surface area contributed by atoms with E-state index in [0.717, 1.165) is 19.3 Å². The number of para-hydroxylation sites is 1. The van der Waals surface area contributed by atoms with Crippen LogP contribution in [-0.2, 0) is 26.2 Å². The predicted octanol–water partition coefficient (Wildman–Crippen LogP) is 4.14. The van der Waals surface area contributed by atoms with Gasteiger partial charge in [0.2, 0.25) is 0 Å². The molecule has 0 bridgehead atoms. The summed E-state index contributed by atoms with van der Waals surface area (Å²) in [5.41, 5.74) is 0.367. The summed E-state index contributed by atoms with van der Waals surface area (Å²) in [4.78, 5) is 30.9. The molecule has 0 spiro atoms. The van der Waals surface area contributed by atoms with Crippen molar-refractivity contribution in [2.75, 3.05) is 40.0 Å². The highest BCUT2D eigenvalue weighted by Gasteiger charge is 2.37. The van der Waals surface area contributed by atoms with Crippen molar-refractivity contribution in [3.05, 3.63) is 28.9 Å². The average molecular weight is 644 g/mol. The van der Waals surface area contributed by atoms with E-state index < -0.39 is 21.9 Å². The van der Waals surface area contributed by atoms with Gasteiger partial charge in [0.1, 0.15) is 23.7 Å². The lowest BCUT2D eigenvalue weighted by molar-refractivity contribution is 0.00733. The number of amides is 2. The summed E-state index contributed by atoms with van der Waals surface area (Å²) in [5, 5.41) is 5.99.